The third-order valence-corrected chi connectivity index (χ3v) is 3.47. The predicted octanol–water partition coefficient (Wildman–Crippen LogP) is 4.45. The fourth-order valence-electron chi connectivity index (χ4n) is 2.21. The minimum Gasteiger partial charge on any atom is -0.497 e. The van der Waals surface area contributed by atoms with Gasteiger partial charge in [-0.1, -0.05) is 45.1 Å². The number of nitrogens with two attached hydrogens (primary N) is 1. The molecule has 0 radical (unpaired) electrons. The van der Waals surface area contributed by atoms with Crippen molar-refractivity contribution in [2.75, 3.05) is 13.7 Å². The molecule has 0 spiro atoms. The molecule has 2 N–H and O–H groups in total. The summed E-state index contributed by atoms with van der Waals surface area (Å²) in [5.74, 6) is 1.67. The maximum Gasteiger partial charge on any atom is 0.127 e. The molecule has 0 heterocycles. The van der Waals surface area contributed by atoms with Gasteiger partial charge in [-0.15, -0.1) is 0 Å². The van der Waals surface area contributed by atoms with Crippen molar-refractivity contribution in [2.45, 2.75) is 58.4 Å². The molecule has 0 bridgehead atoms. The molecule has 0 saturated heterocycles. The molecule has 1 aromatic rings. The maximum atomic E-state index is 5.97. The van der Waals surface area contributed by atoms with E-state index in [-0.39, 0.29) is 6.04 Å². The van der Waals surface area contributed by atoms with Crippen molar-refractivity contribution >= 4 is 0 Å². The van der Waals surface area contributed by atoms with Crippen molar-refractivity contribution in [3.05, 3.63) is 23.8 Å². The Morgan fingerprint density at radius 1 is 1.10 bits per heavy atom. The molecule has 0 saturated carbocycles. The van der Waals surface area contributed by atoms with Gasteiger partial charge in [-0.2, -0.15) is 0 Å². The highest BCUT2D eigenvalue weighted by atomic mass is 16.5. The van der Waals surface area contributed by atoms with Crippen LogP contribution in [-0.2, 0) is 0 Å². The third kappa shape index (κ3) is 5.83. The van der Waals surface area contributed by atoms with Crippen LogP contribution < -0.4 is 15.2 Å². The van der Waals surface area contributed by atoms with E-state index in [0.29, 0.717) is 0 Å². The van der Waals surface area contributed by atoms with Crippen LogP contribution in [0.2, 0.25) is 0 Å². The summed E-state index contributed by atoms with van der Waals surface area (Å²) in [7, 11) is 1.67. The smallest absolute Gasteiger partial charge is 0.127 e. The molecule has 1 atom stereocenters. The second-order valence-electron chi connectivity index (χ2n) is 5.31. The van der Waals surface area contributed by atoms with Crippen molar-refractivity contribution < 1.29 is 9.47 Å². The number of unbranched alkanes of at least 4 members (excludes halogenated alkanes) is 5. The lowest BCUT2D eigenvalue weighted by Gasteiger charge is -2.15. The summed E-state index contributed by atoms with van der Waals surface area (Å²) in [5, 5.41) is 0. The Morgan fingerprint density at radius 2 is 1.80 bits per heavy atom. The number of ether oxygens (including phenoxy) is 2. The Bertz CT molecular complexity index is 377. The highest BCUT2D eigenvalue weighted by molar-refractivity contribution is 5.42. The average molecular weight is 279 g/mol. The van der Waals surface area contributed by atoms with Crippen LogP contribution >= 0.6 is 0 Å². The van der Waals surface area contributed by atoms with Gasteiger partial charge in [0.25, 0.3) is 0 Å². The van der Waals surface area contributed by atoms with Crippen molar-refractivity contribution in [1.82, 2.24) is 0 Å². The number of methoxy groups -OCH3 is 1. The molecule has 1 unspecified atom stereocenters. The number of benzene rings is 1. The van der Waals surface area contributed by atoms with Crippen LogP contribution in [0.4, 0.5) is 0 Å². The molecule has 1 rings (SSSR count). The van der Waals surface area contributed by atoms with Crippen LogP contribution in [0.5, 0.6) is 11.5 Å². The molecule has 1 aromatic carbocycles. The normalized spacial score (nSPS) is 12.2. The predicted molar refractivity (Wildman–Crippen MR) is 84.5 cm³/mol. The van der Waals surface area contributed by atoms with Crippen molar-refractivity contribution in [2.24, 2.45) is 5.73 Å². The van der Waals surface area contributed by atoms with Crippen molar-refractivity contribution in [1.29, 1.82) is 0 Å². The molecule has 0 aliphatic carbocycles. The zero-order valence-corrected chi connectivity index (χ0v) is 13.2. The topological polar surface area (TPSA) is 44.5 Å². The molecule has 114 valence electrons. The Labute approximate surface area is 123 Å². The fourth-order valence-corrected chi connectivity index (χ4v) is 2.21. The second kappa shape index (κ2) is 9.65. The van der Waals surface area contributed by atoms with E-state index < -0.39 is 0 Å². The van der Waals surface area contributed by atoms with Crippen molar-refractivity contribution in [3.8, 4) is 11.5 Å². The van der Waals surface area contributed by atoms with Crippen LogP contribution in [0, 0.1) is 0 Å². The molecule has 0 amide bonds. The lowest BCUT2D eigenvalue weighted by Crippen LogP contribution is -2.09. The van der Waals surface area contributed by atoms with Gasteiger partial charge >= 0.3 is 0 Å². The largest absolute Gasteiger partial charge is 0.497 e. The average Bonchev–Trinajstić information content (AvgIpc) is 2.45. The molecule has 0 fully saturated rings. The van der Waals surface area contributed by atoms with E-state index >= 15 is 0 Å². The van der Waals surface area contributed by atoms with E-state index in [1.165, 1.54) is 32.1 Å². The standard InChI is InChI=1S/C17H29NO2/c1-4-5-6-7-8-9-12-20-17-13-15(19-3)10-11-16(17)14(2)18/h10-11,13-14H,4-9,12,18H2,1-3H3. The van der Waals surface area contributed by atoms with E-state index in [1.54, 1.807) is 7.11 Å². The summed E-state index contributed by atoms with van der Waals surface area (Å²) in [6, 6.07) is 5.81. The van der Waals surface area contributed by atoms with E-state index in [2.05, 4.69) is 6.92 Å². The minimum atomic E-state index is -0.0274. The molecule has 0 aromatic heterocycles. The summed E-state index contributed by atoms with van der Waals surface area (Å²) in [5.41, 5.74) is 7.01. The molecule has 0 aliphatic rings. The molecular weight excluding hydrogens is 250 g/mol. The molecular formula is C17H29NO2. The summed E-state index contributed by atoms with van der Waals surface area (Å²) >= 11 is 0. The molecule has 3 nitrogen and oxygen atoms in total. The van der Waals surface area contributed by atoms with Crippen LogP contribution in [0.15, 0.2) is 18.2 Å². The number of rotatable bonds is 10. The van der Waals surface area contributed by atoms with E-state index in [0.717, 1.165) is 30.1 Å². The Kier molecular flexibility index (Phi) is 8.12. The van der Waals surface area contributed by atoms with E-state index in [9.17, 15) is 0 Å². The van der Waals surface area contributed by atoms with Crippen molar-refractivity contribution in [3.63, 3.8) is 0 Å². The van der Waals surface area contributed by atoms with Gasteiger partial charge in [0.15, 0.2) is 0 Å². The highest BCUT2D eigenvalue weighted by Gasteiger charge is 2.09. The quantitative estimate of drug-likeness (QED) is 0.643. The minimum absolute atomic E-state index is 0.0274. The lowest BCUT2D eigenvalue weighted by atomic mass is 10.1. The van der Waals surface area contributed by atoms with Crippen LogP contribution in [0.1, 0.15) is 64.0 Å². The first kappa shape index (κ1) is 16.8. The Hall–Kier alpha value is -1.22. The summed E-state index contributed by atoms with van der Waals surface area (Å²) in [6.07, 6.45) is 7.59. The summed E-state index contributed by atoms with van der Waals surface area (Å²) in [4.78, 5) is 0. The Balaban J connectivity index is 2.41. The Morgan fingerprint density at radius 3 is 2.45 bits per heavy atom. The van der Waals surface area contributed by atoms with Gasteiger partial charge in [0.2, 0.25) is 0 Å². The molecule has 20 heavy (non-hydrogen) atoms. The SMILES string of the molecule is CCCCCCCCOc1cc(OC)ccc1C(C)N. The molecule has 0 aliphatic heterocycles. The van der Waals surface area contributed by atoms with Gasteiger partial charge in [0, 0.05) is 17.7 Å². The van der Waals surface area contributed by atoms with Gasteiger partial charge in [-0.05, 0) is 19.4 Å². The van der Waals surface area contributed by atoms with Gasteiger partial charge in [-0.25, -0.2) is 0 Å². The summed E-state index contributed by atoms with van der Waals surface area (Å²) < 4.78 is 11.1. The zero-order chi connectivity index (χ0) is 14.8. The van der Waals surface area contributed by atoms with Crippen LogP contribution in [0.3, 0.4) is 0 Å². The number of hydrogen-bond donors (Lipinski definition) is 1. The highest BCUT2D eigenvalue weighted by Crippen LogP contribution is 2.28. The van der Waals surface area contributed by atoms with E-state index in [1.807, 2.05) is 25.1 Å². The fraction of sp³-hybridized carbons (Fsp3) is 0.647. The second-order valence-corrected chi connectivity index (χ2v) is 5.31. The van der Waals surface area contributed by atoms with Gasteiger partial charge < -0.3 is 15.2 Å². The first-order valence-corrected chi connectivity index (χ1v) is 7.75. The first-order chi connectivity index (χ1) is 9.69. The first-order valence-electron chi connectivity index (χ1n) is 7.75. The van der Waals surface area contributed by atoms with Gasteiger partial charge in [0.1, 0.15) is 11.5 Å². The van der Waals surface area contributed by atoms with E-state index in [4.69, 9.17) is 15.2 Å². The van der Waals surface area contributed by atoms with Crippen LogP contribution in [0.25, 0.3) is 0 Å². The monoisotopic (exact) mass is 279 g/mol. The molecule has 3 heteroatoms. The maximum absolute atomic E-state index is 5.97. The number of hydrogen-bond acceptors (Lipinski definition) is 3. The summed E-state index contributed by atoms with van der Waals surface area (Å²) in [6.45, 7) is 4.96. The van der Waals surface area contributed by atoms with Crippen LogP contribution in [-0.4, -0.2) is 13.7 Å². The van der Waals surface area contributed by atoms with Gasteiger partial charge in [0.05, 0.1) is 13.7 Å². The van der Waals surface area contributed by atoms with Gasteiger partial charge in [-0.3, -0.25) is 0 Å². The third-order valence-electron chi connectivity index (χ3n) is 3.47. The lowest BCUT2D eigenvalue weighted by molar-refractivity contribution is 0.298. The zero-order valence-electron chi connectivity index (χ0n) is 13.2.